The second-order valence-electron chi connectivity index (χ2n) is 6.88. The number of nitrogens with one attached hydrogen (secondary N) is 1. The van der Waals surface area contributed by atoms with Crippen molar-refractivity contribution in [2.45, 2.75) is 32.5 Å². The Morgan fingerprint density at radius 2 is 1.85 bits per heavy atom. The molecule has 0 aliphatic heterocycles. The topological polar surface area (TPSA) is 109 Å². The van der Waals surface area contributed by atoms with E-state index in [0.29, 0.717) is 6.07 Å². The third-order valence-electron chi connectivity index (χ3n) is 4.46. The molecule has 34 heavy (non-hydrogen) atoms. The molecular formula is C20H20ClF4N3O6. The number of ether oxygens (including phenoxy) is 2. The lowest BCUT2D eigenvalue weighted by Gasteiger charge is -2.18. The number of carbonyl (C=O) groups excluding carboxylic acids is 2. The lowest BCUT2D eigenvalue weighted by atomic mass is 10.2. The number of nitrogens with zero attached hydrogens (tertiary/aromatic N) is 2. The summed E-state index contributed by atoms with van der Waals surface area (Å²) in [5.74, 6) is -2.71. The molecule has 0 radical (unpaired) electrons. The van der Waals surface area contributed by atoms with E-state index in [1.165, 1.54) is 6.92 Å². The summed E-state index contributed by atoms with van der Waals surface area (Å²) in [6, 6.07) is 1.65. The van der Waals surface area contributed by atoms with Crippen molar-refractivity contribution in [1.82, 2.24) is 14.5 Å². The number of alkyl halides is 3. The second kappa shape index (κ2) is 10.7. The molecule has 1 amide bonds. The summed E-state index contributed by atoms with van der Waals surface area (Å²) in [4.78, 5) is 48.2. The van der Waals surface area contributed by atoms with Crippen LogP contribution in [0.1, 0.15) is 26.0 Å². The lowest BCUT2D eigenvalue weighted by molar-refractivity contribution is -0.144. The van der Waals surface area contributed by atoms with Gasteiger partial charge in [-0.2, -0.15) is 13.2 Å². The second-order valence-corrected chi connectivity index (χ2v) is 7.29. The first kappa shape index (κ1) is 26.9. The van der Waals surface area contributed by atoms with E-state index >= 15 is 0 Å². The van der Waals surface area contributed by atoms with Crippen LogP contribution in [0.25, 0.3) is 5.69 Å². The van der Waals surface area contributed by atoms with Gasteiger partial charge in [-0.25, -0.2) is 13.8 Å². The van der Waals surface area contributed by atoms with Crippen molar-refractivity contribution >= 4 is 23.5 Å². The smallest absolute Gasteiger partial charge is 0.431 e. The predicted molar refractivity (Wildman–Crippen MR) is 112 cm³/mol. The van der Waals surface area contributed by atoms with Gasteiger partial charge in [0.2, 0.25) is 0 Å². The van der Waals surface area contributed by atoms with Crippen LogP contribution >= 0.6 is 11.6 Å². The average molecular weight is 510 g/mol. The fourth-order valence-corrected chi connectivity index (χ4v) is 3.00. The highest BCUT2D eigenvalue weighted by molar-refractivity contribution is 6.32. The number of aromatic nitrogens is 2. The molecule has 0 bridgehead atoms. The summed E-state index contributed by atoms with van der Waals surface area (Å²) < 4.78 is 64.1. The van der Waals surface area contributed by atoms with E-state index in [2.05, 4.69) is 5.32 Å². The Hall–Kier alpha value is -3.35. The van der Waals surface area contributed by atoms with Crippen LogP contribution in [0.5, 0.6) is 5.75 Å². The molecular weight excluding hydrogens is 490 g/mol. The molecule has 0 spiro atoms. The third kappa shape index (κ3) is 6.16. The fourth-order valence-electron chi connectivity index (χ4n) is 2.81. The minimum absolute atomic E-state index is 0.0508. The van der Waals surface area contributed by atoms with Crippen molar-refractivity contribution in [1.29, 1.82) is 0 Å². The van der Waals surface area contributed by atoms with Crippen molar-refractivity contribution in [3.63, 3.8) is 0 Å². The van der Waals surface area contributed by atoms with Gasteiger partial charge in [-0.3, -0.25) is 19.0 Å². The van der Waals surface area contributed by atoms with Crippen molar-refractivity contribution in [3.8, 4) is 11.4 Å². The molecule has 2 aromatic rings. The van der Waals surface area contributed by atoms with Gasteiger partial charge < -0.3 is 14.8 Å². The summed E-state index contributed by atoms with van der Waals surface area (Å²) in [6.07, 6.45) is -6.30. The van der Waals surface area contributed by atoms with Crippen LogP contribution in [-0.4, -0.2) is 40.3 Å². The lowest BCUT2D eigenvalue weighted by Crippen LogP contribution is -2.41. The Bertz CT molecular complexity index is 1210. The highest BCUT2D eigenvalue weighted by Crippen LogP contribution is 2.30. The van der Waals surface area contributed by atoms with Gasteiger partial charge in [0.25, 0.3) is 11.5 Å². The number of carbonyl (C=O) groups is 2. The molecule has 1 heterocycles. The molecule has 14 heteroatoms. The molecule has 1 N–H and O–H groups in total. The summed E-state index contributed by atoms with van der Waals surface area (Å²) >= 11 is 5.94. The molecule has 1 unspecified atom stereocenters. The summed E-state index contributed by atoms with van der Waals surface area (Å²) in [5, 5.41) is 2.09. The van der Waals surface area contributed by atoms with Gasteiger partial charge >= 0.3 is 17.8 Å². The van der Waals surface area contributed by atoms with Gasteiger partial charge in [-0.05, 0) is 19.9 Å². The number of benzene rings is 1. The van der Waals surface area contributed by atoms with E-state index in [1.807, 2.05) is 0 Å². The molecule has 0 saturated carbocycles. The summed E-state index contributed by atoms with van der Waals surface area (Å²) in [6.45, 7) is 3.07. The quantitative estimate of drug-likeness (QED) is 0.432. The maximum absolute atomic E-state index is 14.6. The number of hydrogen-bond acceptors (Lipinski definition) is 6. The summed E-state index contributed by atoms with van der Waals surface area (Å²) in [7, 11) is 0.773. The van der Waals surface area contributed by atoms with Crippen molar-refractivity contribution in [2.75, 3.05) is 13.2 Å². The molecule has 1 atom stereocenters. The highest BCUT2D eigenvalue weighted by Gasteiger charge is 2.35. The average Bonchev–Trinajstić information content (AvgIpc) is 2.73. The van der Waals surface area contributed by atoms with E-state index < -0.39 is 52.6 Å². The molecule has 0 aliphatic rings. The predicted octanol–water partition coefficient (Wildman–Crippen LogP) is 2.18. The normalized spacial score (nSPS) is 12.2. The number of rotatable bonds is 8. The van der Waals surface area contributed by atoms with Crippen molar-refractivity contribution in [2.24, 2.45) is 7.05 Å². The van der Waals surface area contributed by atoms with Crippen LogP contribution in [-0.2, 0) is 27.5 Å². The van der Waals surface area contributed by atoms with E-state index in [4.69, 9.17) is 21.1 Å². The largest absolute Gasteiger partial charge is 0.479 e. The third-order valence-corrected chi connectivity index (χ3v) is 4.75. The van der Waals surface area contributed by atoms with Gasteiger partial charge in [0.15, 0.2) is 6.10 Å². The SMILES string of the molecule is CCOC(=O)CCNC(=O)C(C)Oc1cc(-n2c(=O)cc(C(F)(F)F)n(C)c2=O)c(F)cc1Cl. The molecule has 1 aromatic heterocycles. The first-order valence-corrected chi connectivity index (χ1v) is 10.1. The maximum Gasteiger partial charge on any atom is 0.431 e. The molecule has 2 rings (SSSR count). The molecule has 186 valence electrons. The monoisotopic (exact) mass is 509 g/mol. The minimum Gasteiger partial charge on any atom is -0.479 e. The van der Waals surface area contributed by atoms with E-state index in [1.54, 1.807) is 6.92 Å². The Morgan fingerprint density at radius 1 is 1.21 bits per heavy atom. The van der Waals surface area contributed by atoms with Crippen LogP contribution < -0.4 is 21.3 Å². The number of esters is 1. The van der Waals surface area contributed by atoms with E-state index in [9.17, 15) is 36.7 Å². The Labute approximate surface area is 194 Å². The van der Waals surface area contributed by atoms with Crippen molar-refractivity contribution < 1.29 is 36.6 Å². The summed E-state index contributed by atoms with van der Waals surface area (Å²) in [5.41, 5.74) is -5.14. The zero-order valence-corrected chi connectivity index (χ0v) is 18.9. The van der Waals surface area contributed by atoms with Gasteiger partial charge in [0, 0.05) is 25.7 Å². The first-order valence-electron chi connectivity index (χ1n) is 9.77. The van der Waals surface area contributed by atoms with Crippen LogP contribution in [0.2, 0.25) is 5.02 Å². The van der Waals surface area contributed by atoms with Crippen LogP contribution in [0, 0.1) is 5.82 Å². The number of halogens is 5. The molecule has 0 fully saturated rings. The van der Waals surface area contributed by atoms with E-state index in [0.717, 1.165) is 13.1 Å². The first-order chi connectivity index (χ1) is 15.8. The number of amides is 1. The zero-order chi connectivity index (χ0) is 25.8. The molecule has 9 nitrogen and oxygen atoms in total. The molecule has 0 saturated heterocycles. The van der Waals surface area contributed by atoms with Gasteiger partial charge in [0.05, 0.1) is 23.7 Å². The maximum atomic E-state index is 14.6. The van der Waals surface area contributed by atoms with Crippen LogP contribution in [0.15, 0.2) is 27.8 Å². The Kier molecular flexibility index (Phi) is 8.48. The van der Waals surface area contributed by atoms with Crippen LogP contribution in [0.4, 0.5) is 17.6 Å². The highest BCUT2D eigenvalue weighted by atomic mass is 35.5. The van der Waals surface area contributed by atoms with Gasteiger partial charge in [0.1, 0.15) is 17.3 Å². The molecule has 0 aliphatic carbocycles. The fraction of sp³-hybridized carbons (Fsp3) is 0.400. The Balaban J connectivity index is 2.34. The Morgan fingerprint density at radius 3 is 2.44 bits per heavy atom. The minimum atomic E-state index is -4.99. The van der Waals surface area contributed by atoms with Crippen LogP contribution in [0.3, 0.4) is 0 Å². The standard InChI is InChI=1S/C20H20ClF4N3O6/c1-4-33-17(30)5-6-26-18(31)10(2)34-14-8-13(12(22)7-11(14)21)28-16(29)9-15(20(23,24)25)27(3)19(28)32/h7-10H,4-6H2,1-3H3,(H,26,31). The zero-order valence-electron chi connectivity index (χ0n) is 18.2. The number of hydrogen-bond donors (Lipinski definition) is 1. The van der Waals surface area contributed by atoms with Crippen molar-refractivity contribution in [3.05, 3.63) is 55.6 Å². The van der Waals surface area contributed by atoms with Gasteiger partial charge in [-0.1, -0.05) is 11.6 Å². The van der Waals surface area contributed by atoms with E-state index in [-0.39, 0.29) is 45.5 Å². The van der Waals surface area contributed by atoms with Gasteiger partial charge in [-0.15, -0.1) is 0 Å². The molecule has 1 aromatic carbocycles.